The zero-order valence-electron chi connectivity index (χ0n) is 12.4. The third-order valence-corrected chi connectivity index (χ3v) is 3.93. The summed E-state index contributed by atoms with van der Waals surface area (Å²) in [7, 11) is 0. The summed E-state index contributed by atoms with van der Waals surface area (Å²) in [6.07, 6.45) is 3.20. The number of hydrogen-bond acceptors (Lipinski definition) is 3. The van der Waals surface area contributed by atoms with Crippen LogP contribution in [0.5, 0.6) is 0 Å². The molecule has 0 aromatic rings. The summed E-state index contributed by atoms with van der Waals surface area (Å²) in [5.74, 6) is 0.171. The Balaban J connectivity index is 2.56. The van der Waals surface area contributed by atoms with Gasteiger partial charge in [0.15, 0.2) is 0 Å². The summed E-state index contributed by atoms with van der Waals surface area (Å²) < 4.78 is 0. The Kier molecular flexibility index (Phi) is 6.09. The maximum absolute atomic E-state index is 12.4. The highest BCUT2D eigenvalue weighted by Gasteiger charge is 2.35. The molecule has 0 saturated carbocycles. The molecular formula is C14H29N3O. The molecular weight excluding hydrogens is 226 g/mol. The average molecular weight is 255 g/mol. The van der Waals surface area contributed by atoms with Crippen molar-refractivity contribution in [2.24, 2.45) is 0 Å². The molecule has 0 aromatic carbocycles. The number of hydrogen-bond donors (Lipinski definition) is 2. The molecule has 1 aliphatic rings. The van der Waals surface area contributed by atoms with E-state index in [0.29, 0.717) is 6.04 Å². The van der Waals surface area contributed by atoms with Crippen LogP contribution in [0.25, 0.3) is 0 Å². The van der Waals surface area contributed by atoms with Crippen LogP contribution >= 0.6 is 0 Å². The quantitative estimate of drug-likeness (QED) is 0.753. The number of amides is 1. The zero-order chi connectivity index (χ0) is 13.6. The first-order chi connectivity index (χ1) is 8.52. The van der Waals surface area contributed by atoms with Gasteiger partial charge in [-0.05, 0) is 26.7 Å². The van der Waals surface area contributed by atoms with Gasteiger partial charge in [-0.25, -0.2) is 0 Å². The molecule has 106 valence electrons. The number of carbonyl (C=O) groups is 1. The van der Waals surface area contributed by atoms with E-state index in [1.165, 1.54) is 0 Å². The molecule has 4 nitrogen and oxygen atoms in total. The van der Waals surface area contributed by atoms with E-state index in [2.05, 4.69) is 29.4 Å². The molecule has 1 aliphatic heterocycles. The summed E-state index contributed by atoms with van der Waals surface area (Å²) >= 11 is 0. The van der Waals surface area contributed by atoms with Crippen LogP contribution in [0, 0.1) is 0 Å². The standard InChI is InChI=1S/C14H29N3O/c1-5-7-12(6-2)16-13(18)14(3,4)17-10-8-15-9-11-17/h12,15H,5-11H2,1-4H3,(H,16,18). The smallest absolute Gasteiger partial charge is 0.240 e. The van der Waals surface area contributed by atoms with Gasteiger partial charge < -0.3 is 10.6 Å². The van der Waals surface area contributed by atoms with Crippen LogP contribution < -0.4 is 10.6 Å². The van der Waals surface area contributed by atoms with Gasteiger partial charge in [0.25, 0.3) is 0 Å². The van der Waals surface area contributed by atoms with Crippen molar-refractivity contribution in [3.05, 3.63) is 0 Å². The average Bonchev–Trinajstić information content (AvgIpc) is 2.39. The van der Waals surface area contributed by atoms with Gasteiger partial charge in [-0.3, -0.25) is 9.69 Å². The van der Waals surface area contributed by atoms with Crippen LogP contribution in [-0.2, 0) is 4.79 Å². The fourth-order valence-corrected chi connectivity index (χ4v) is 2.46. The van der Waals surface area contributed by atoms with E-state index in [1.54, 1.807) is 0 Å². The molecule has 4 heteroatoms. The van der Waals surface area contributed by atoms with Crippen molar-refractivity contribution in [2.75, 3.05) is 26.2 Å². The maximum Gasteiger partial charge on any atom is 0.240 e. The van der Waals surface area contributed by atoms with Crippen LogP contribution in [0.4, 0.5) is 0 Å². The zero-order valence-corrected chi connectivity index (χ0v) is 12.4. The Morgan fingerprint density at radius 1 is 1.33 bits per heavy atom. The first-order valence-corrected chi connectivity index (χ1v) is 7.29. The van der Waals surface area contributed by atoms with Crippen molar-refractivity contribution in [2.45, 2.75) is 58.5 Å². The molecule has 18 heavy (non-hydrogen) atoms. The second kappa shape index (κ2) is 7.10. The molecule has 1 rings (SSSR count). The molecule has 1 fully saturated rings. The van der Waals surface area contributed by atoms with E-state index in [4.69, 9.17) is 0 Å². The molecule has 0 bridgehead atoms. The second-order valence-corrected chi connectivity index (χ2v) is 5.66. The minimum atomic E-state index is -0.400. The summed E-state index contributed by atoms with van der Waals surface area (Å²) in [4.78, 5) is 14.7. The van der Waals surface area contributed by atoms with Gasteiger partial charge in [0, 0.05) is 32.2 Å². The highest BCUT2D eigenvalue weighted by atomic mass is 16.2. The Bertz CT molecular complexity index is 260. The Morgan fingerprint density at radius 2 is 1.94 bits per heavy atom. The van der Waals surface area contributed by atoms with Crippen molar-refractivity contribution in [1.82, 2.24) is 15.5 Å². The van der Waals surface area contributed by atoms with E-state index >= 15 is 0 Å². The highest BCUT2D eigenvalue weighted by Crippen LogP contribution is 2.16. The first-order valence-electron chi connectivity index (χ1n) is 7.29. The van der Waals surface area contributed by atoms with E-state index in [1.807, 2.05) is 13.8 Å². The molecule has 0 aliphatic carbocycles. The van der Waals surface area contributed by atoms with Crippen molar-refractivity contribution >= 4 is 5.91 Å². The molecule has 2 N–H and O–H groups in total. The third-order valence-electron chi connectivity index (χ3n) is 3.93. The number of piperazine rings is 1. The fourth-order valence-electron chi connectivity index (χ4n) is 2.46. The van der Waals surface area contributed by atoms with Gasteiger partial charge in [-0.2, -0.15) is 0 Å². The van der Waals surface area contributed by atoms with E-state index < -0.39 is 5.54 Å². The van der Waals surface area contributed by atoms with Crippen molar-refractivity contribution in [3.8, 4) is 0 Å². The number of rotatable bonds is 6. The summed E-state index contributed by atoms with van der Waals surface area (Å²) in [5.41, 5.74) is -0.400. The van der Waals surface area contributed by atoms with Crippen LogP contribution in [-0.4, -0.2) is 48.6 Å². The third kappa shape index (κ3) is 3.95. The normalized spacial score (nSPS) is 19.6. The molecule has 1 amide bonds. The largest absolute Gasteiger partial charge is 0.352 e. The Morgan fingerprint density at radius 3 is 2.44 bits per heavy atom. The monoisotopic (exact) mass is 255 g/mol. The van der Waals surface area contributed by atoms with Gasteiger partial charge in [-0.1, -0.05) is 20.3 Å². The number of nitrogens with one attached hydrogen (secondary N) is 2. The van der Waals surface area contributed by atoms with E-state index in [9.17, 15) is 4.79 Å². The fraction of sp³-hybridized carbons (Fsp3) is 0.929. The Labute approximate surface area is 111 Å². The summed E-state index contributed by atoms with van der Waals surface area (Å²) in [6.45, 7) is 12.2. The molecule has 0 aromatic heterocycles. The SMILES string of the molecule is CCCC(CC)NC(=O)C(C)(C)N1CCNCC1. The lowest BCUT2D eigenvalue weighted by Crippen LogP contribution is -2.61. The lowest BCUT2D eigenvalue weighted by Gasteiger charge is -2.40. The van der Waals surface area contributed by atoms with E-state index in [0.717, 1.165) is 45.4 Å². The Hall–Kier alpha value is -0.610. The first kappa shape index (κ1) is 15.4. The van der Waals surface area contributed by atoms with Crippen molar-refractivity contribution < 1.29 is 4.79 Å². The number of carbonyl (C=O) groups excluding carboxylic acids is 1. The molecule has 0 radical (unpaired) electrons. The lowest BCUT2D eigenvalue weighted by molar-refractivity contribution is -0.133. The van der Waals surface area contributed by atoms with Crippen LogP contribution in [0.15, 0.2) is 0 Å². The van der Waals surface area contributed by atoms with Crippen LogP contribution in [0.3, 0.4) is 0 Å². The van der Waals surface area contributed by atoms with Gasteiger partial charge >= 0.3 is 0 Å². The van der Waals surface area contributed by atoms with Crippen molar-refractivity contribution in [3.63, 3.8) is 0 Å². The second-order valence-electron chi connectivity index (χ2n) is 5.66. The lowest BCUT2D eigenvalue weighted by atomic mass is 9.99. The van der Waals surface area contributed by atoms with Crippen LogP contribution in [0.1, 0.15) is 47.0 Å². The number of nitrogens with zero attached hydrogens (tertiary/aromatic N) is 1. The van der Waals surface area contributed by atoms with E-state index in [-0.39, 0.29) is 5.91 Å². The molecule has 1 saturated heterocycles. The van der Waals surface area contributed by atoms with Crippen molar-refractivity contribution in [1.29, 1.82) is 0 Å². The summed E-state index contributed by atoms with van der Waals surface area (Å²) in [5, 5.41) is 6.53. The predicted molar refractivity (Wildman–Crippen MR) is 75.7 cm³/mol. The van der Waals surface area contributed by atoms with Gasteiger partial charge in [-0.15, -0.1) is 0 Å². The van der Waals surface area contributed by atoms with Crippen LogP contribution in [0.2, 0.25) is 0 Å². The van der Waals surface area contributed by atoms with Gasteiger partial charge in [0.1, 0.15) is 0 Å². The maximum atomic E-state index is 12.4. The topological polar surface area (TPSA) is 44.4 Å². The van der Waals surface area contributed by atoms with Gasteiger partial charge in [0.05, 0.1) is 5.54 Å². The summed E-state index contributed by atoms with van der Waals surface area (Å²) in [6, 6.07) is 0.324. The molecule has 0 spiro atoms. The molecule has 1 atom stereocenters. The predicted octanol–water partition coefficient (Wildman–Crippen LogP) is 1.37. The minimum absolute atomic E-state index is 0.171. The minimum Gasteiger partial charge on any atom is -0.352 e. The molecule has 1 heterocycles. The van der Waals surface area contributed by atoms with Gasteiger partial charge in [0.2, 0.25) is 5.91 Å². The highest BCUT2D eigenvalue weighted by molar-refractivity contribution is 5.85. The molecule has 1 unspecified atom stereocenters.